The van der Waals surface area contributed by atoms with E-state index >= 15 is 0 Å². The number of urea groups is 1. The highest BCUT2D eigenvalue weighted by Gasteiger charge is 2.26. The van der Waals surface area contributed by atoms with E-state index in [0.29, 0.717) is 12.0 Å². The summed E-state index contributed by atoms with van der Waals surface area (Å²) >= 11 is 0. The molecule has 1 aromatic carbocycles. The molecule has 1 unspecified atom stereocenters. The van der Waals surface area contributed by atoms with Gasteiger partial charge in [-0.05, 0) is 25.3 Å². The minimum atomic E-state index is -1.11. The molecule has 0 aromatic heterocycles. The Labute approximate surface area is 148 Å². The predicted molar refractivity (Wildman–Crippen MR) is 93.9 cm³/mol. The molecule has 25 heavy (non-hydrogen) atoms. The van der Waals surface area contributed by atoms with Crippen molar-refractivity contribution in [1.82, 2.24) is 10.6 Å². The van der Waals surface area contributed by atoms with Crippen LogP contribution in [-0.2, 0) is 9.53 Å². The summed E-state index contributed by atoms with van der Waals surface area (Å²) < 4.78 is 19.0. The first-order valence-electron chi connectivity index (χ1n) is 8.98. The molecule has 5 nitrogen and oxygen atoms in total. The zero-order valence-corrected chi connectivity index (χ0v) is 14.7. The van der Waals surface area contributed by atoms with E-state index in [4.69, 9.17) is 4.74 Å². The van der Waals surface area contributed by atoms with E-state index in [0.717, 1.165) is 25.7 Å². The maximum atomic E-state index is 13.9. The van der Waals surface area contributed by atoms with Gasteiger partial charge in [0.05, 0.1) is 12.6 Å². The molecular formula is C19H27FN2O3. The Morgan fingerprint density at radius 2 is 1.96 bits per heavy atom. The number of amides is 2. The van der Waals surface area contributed by atoms with Crippen LogP contribution in [0.15, 0.2) is 30.3 Å². The number of rotatable bonds is 10. The smallest absolute Gasteiger partial charge is 0.315 e. The van der Waals surface area contributed by atoms with Crippen LogP contribution in [0, 0.1) is 0 Å². The Kier molecular flexibility index (Phi) is 7.70. The third kappa shape index (κ3) is 6.72. The van der Waals surface area contributed by atoms with E-state index in [1.165, 1.54) is 0 Å². The van der Waals surface area contributed by atoms with Crippen molar-refractivity contribution < 1.29 is 18.7 Å². The normalized spacial score (nSPS) is 20.6. The molecule has 2 rings (SSSR count). The molecule has 0 aliphatic carbocycles. The summed E-state index contributed by atoms with van der Waals surface area (Å²) in [7, 11) is 0. The summed E-state index contributed by atoms with van der Waals surface area (Å²) in [5, 5.41) is 5.69. The molecule has 1 aliphatic rings. The highest BCUT2D eigenvalue weighted by molar-refractivity contribution is 5.77. The van der Waals surface area contributed by atoms with Gasteiger partial charge in [-0.2, -0.15) is 0 Å². The molecule has 2 N–H and O–H groups in total. The molecule has 1 aromatic rings. The minimum absolute atomic E-state index is 0.103. The molecule has 1 aliphatic heterocycles. The van der Waals surface area contributed by atoms with Crippen LogP contribution in [0.3, 0.4) is 0 Å². The molecule has 1 heterocycles. The first-order chi connectivity index (χ1) is 12.1. The Morgan fingerprint density at radius 1 is 1.20 bits per heavy atom. The number of halogens is 1. The highest BCUT2D eigenvalue weighted by atomic mass is 19.1. The SMILES string of the molecule is C[C@@H]1NC(=O)N[C@@H]1CCCCCC(=O)OCCC(F)c1ccccc1. The topological polar surface area (TPSA) is 67.4 Å². The number of esters is 1. The van der Waals surface area contributed by atoms with Gasteiger partial charge in [-0.3, -0.25) is 4.79 Å². The molecule has 0 spiro atoms. The second-order valence-electron chi connectivity index (χ2n) is 6.50. The van der Waals surface area contributed by atoms with Crippen molar-refractivity contribution in [3.05, 3.63) is 35.9 Å². The fraction of sp³-hybridized carbons (Fsp3) is 0.579. The number of unbranched alkanes of at least 4 members (excludes halogenated alkanes) is 2. The van der Waals surface area contributed by atoms with Crippen LogP contribution in [0.2, 0.25) is 0 Å². The van der Waals surface area contributed by atoms with Gasteiger partial charge in [0.1, 0.15) is 6.17 Å². The monoisotopic (exact) mass is 350 g/mol. The Balaban J connectivity index is 1.49. The molecule has 1 fully saturated rings. The van der Waals surface area contributed by atoms with Gasteiger partial charge in [-0.25, -0.2) is 9.18 Å². The fourth-order valence-corrected chi connectivity index (χ4v) is 2.95. The second kappa shape index (κ2) is 10.0. The maximum absolute atomic E-state index is 13.9. The van der Waals surface area contributed by atoms with Crippen molar-refractivity contribution in [3.8, 4) is 0 Å². The molecule has 0 radical (unpaired) electrons. The van der Waals surface area contributed by atoms with Crippen molar-refractivity contribution in [2.45, 2.75) is 63.7 Å². The molecular weight excluding hydrogens is 323 g/mol. The van der Waals surface area contributed by atoms with E-state index in [9.17, 15) is 14.0 Å². The number of hydrogen-bond donors (Lipinski definition) is 2. The van der Waals surface area contributed by atoms with Crippen molar-refractivity contribution in [2.24, 2.45) is 0 Å². The quantitative estimate of drug-likeness (QED) is 0.500. The van der Waals surface area contributed by atoms with Gasteiger partial charge < -0.3 is 15.4 Å². The lowest BCUT2D eigenvalue weighted by atomic mass is 10.0. The number of nitrogens with one attached hydrogen (secondary N) is 2. The van der Waals surface area contributed by atoms with E-state index < -0.39 is 6.17 Å². The van der Waals surface area contributed by atoms with Crippen LogP contribution in [0.25, 0.3) is 0 Å². The first kappa shape index (κ1) is 19.2. The van der Waals surface area contributed by atoms with Gasteiger partial charge >= 0.3 is 12.0 Å². The fourth-order valence-electron chi connectivity index (χ4n) is 2.95. The van der Waals surface area contributed by atoms with E-state index in [1.54, 1.807) is 24.3 Å². The first-order valence-corrected chi connectivity index (χ1v) is 8.98. The van der Waals surface area contributed by atoms with Gasteiger partial charge in [0.15, 0.2) is 0 Å². The van der Waals surface area contributed by atoms with Crippen LogP contribution in [0.1, 0.15) is 57.2 Å². The lowest BCUT2D eigenvalue weighted by Gasteiger charge is -2.13. The summed E-state index contributed by atoms with van der Waals surface area (Å²) in [4.78, 5) is 22.8. The zero-order chi connectivity index (χ0) is 18.1. The molecule has 6 heteroatoms. The van der Waals surface area contributed by atoms with Crippen molar-refractivity contribution >= 4 is 12.0 Å². The van der Waals surface area contributed by atoms with Crippen molar-refractivity contribution in [1.29, 1.82) is 0 Å². The van der Waals surface area contributed by atoms with Gasteiger partial charge in [-0.15, -0.1) is 0 Å². The van der Waals surface area contributed by atoms with E-state index in [2.05, 4.69) is 10.6 Å². The van der Waals surface area contributed by atoms with Crippen LogP contribution in [-0.4, -0.2) is 30.7 Å². The number of hydrogen-bond acceptors (Lipinski definition) is 3. The second-order valence-corrected chi connectivity index (χ2v) is 6.50. The highest BCUT2D eigenvalue weighted by Crippen LogP contribution is 2.20. The summed E-state index contributed by atoms with van der Waals surface area (Å²) in [6.45, 7) is 2.08. The van der Waals surface area contributed by atoms with Gasteiger partial charge in [0.25, 0.3) is 0 Å². The number of ether oxygens (including phenoxy) is 1. The number of carbonyl (C=O) groups excluding carboxylic acids is 2. The average molecular weight is 350 g/mol. The molecule has 1 saturated heterocycles. The maximum Gasteiger partial charge on any atom is 0.315 e. The largest absolute Gasteiger partial charge is 0.466 e. The Bertz CT molecular complexity index is 553. The van der Waals surface area contributed by atoms with E-state index in [-0.39, 0.29) is 37.1 Å². The van der Waals surface area contributed by atoms with Crippen LogP contribution < -0.4 is 10.6 Å². The van der Waals surface area contributed by atoms with Gasteiger partial charge in [-0.1, -0.05) is 43.2 Å². The van der Waals surface area contributed by atoms with E-state index in [1.807, 2.05) is 13.0 Å². The van der Waals surface area contributed by atoms with Crippen LogP contribution in [0.4, 0.5) is 9.18 Å². The van der Waals surface area contributed by atoms with Crippen molar-refractivity contribution in [2.75, 3.05) is 6.61 Å². The number of benzene rings is 1. The van der Waals surface area contributed by atoms with Crippen molar-refractivity contribution in [3.63, 3.8) is 0 Å². The lowest BCUT2D eigenvalue weighted by molar-refractivity contribution is -0.144. The summed E-state index contributed by atoms with van der Waals surface area (Å²) in [6.07, 6.45) is 2.93. The van der Waals surface area contributed by atoms with Gasteiger partial charge in [0.2, 0.25) is 0 Å². The lowest BCUT2D eigenvalue weighted by Crippen LogP contribution is -2.30. The Hall–Kier alpha value is -2.11. The average Bonchev–Trinajstić information content (AvgIpc) is 2.92. The van der Waals surface area contributed by atoms with Crippen LogP contribution >= 0.6 is 0 Å². The summed E-state index contributed by atoms with van der Waals surface area (Å²) in [5.41, 5.74) is 0.612. The van der Waals surface area contributed by atoms with Gasteiger partial charge in [0, 0.05) is 18.9 Å². The number of alkyl halides is 1. The van der Waals surface area contributed by atoms with Crippen LogP contribution in [0.5, 0.6) is 0 Å². The molecule has 2 amide bonds. The summed E-state index contributed by atoms with van der Waals surface area (Å²) in [6, 6.07) is 9.10. The Morgan fingerprint density at radius 3 is 2.64 bits per heavy atom. The third-order valence-corrected chi connectivity index (χ3v) is 4.47. The molecule has 0 bridgehead atoms. The zero-order valence-electron chi connectivity index (χ0n) is 14.7. The molecule has 0 saturated carbocycles. The third-order valence-electron chi connectivity index (χ3n) is 4.47. The minimum Gasteiger partial charge on any atom is -0.466 e. The predicted octanol–water partition coefficient (Wildman–Crippen LogP) is 3.65. The molecule has 3 atom stereocenters. The standard InChI is InChI=1S/C19H27FN2O3/c1-14-17(22-19(24)21-14)10-6-3-7-11-18(23)25-13-12-16(20)15-8-4-2-5-9-15/h2,4-5,8-9,14,16-17H,3,6-7,10-13H2,1H3,(H2,21,22,24)/t14-,16?,17+/m0/s1. The number of carbonyl (C=O) groups is 2. The summed E-state index contributed by atoms with van der Waals surface area (Å²) in [5.74, 6) is -0.274. The molecule has 138 valence electrons.